The normalized spacial score (nSPS) is 13.9. The van der Waals surface area contributed by atoms with E-state index in [0.717, 1.165) is 0 Å². The molecular weight excluding hydrogens is 329 g/mol. The molecule has 0 saturated heterocycles. The standard InChI is InChI=1S/C15H17Cl2NO2S/c1-10(15-3-2-6-21-15)18-8-12(19)9-20-14-5-4-11(16)7-13(14)17/h2-7,10,12,18-19H,8-9H2,1H3/t10-,12?/m0/s1. The van der Waals surface area contributed by atoms with Gasteiger partial charge in [0.15, 0.2) is 0 Å². The van der Waals surface area contributed by atoms with Crippen molar-refractivity contribution in [1.82, 2.24) is 5.32 Å². The molecule has 2 aromatic rings. The smallest absolute Gasteiger partial charge is 0.138 e. The number of rotatable bonds is 7. The summed E-state index contributed by atoms with van der Waals surface area (Å²) in [4.78, 5) is 1.24. The van der Waals surface area contributed by atoms with Crippen LogP contribution in [0.25, 0.3) is 0 Å². The molecule has 0 fully saturated rings. The zero-order chi connectivity index (χ0) is 15.2. The van der Waals surface area contributed by atoms with Gasteiger partial charge in [-0.2, -0.15) is 0 Å². The minimum absolute atomic E-state index is 0.172. The van der Waals surface area contributed by atoms with Crippen LogP contribution >= 0.6 is 34.5 Å². The van der Waals surface area contributed by atoms with E-state index in [2.05, 4.69) is 18.3 Å². The van der Waals surface area contributed by atoms with Crippen LogP contribution in [-0.2, 0) is 0 Å². The van der Waals surface area contributed by atoms with E-state index in [1.54, 1.807) is 29.5 Å². The molecule has 2 rings (SSSR count). The van der Waals surface area contributed by atoms with Gasteiger partial charge in [-0.3, -0.25) is 0 Å². The van der Waals surface area contributed by atoms with Gasteiger partial charge in [0.25, 0.3) is 0 Å². The Kier molecular flexibility index (Phi) is 6.33. The minimum atomic E-state index is -0.612. The van der Waals surface area contributed by atoms with Gasteiger partial charge >= 0.3 is 0 Å². The van der Waals surface area contributed by atoms with Gasteiger partial charge in [0.2, 0.25) is 0 Å². The van der Waals surface area contributed by atoms with Crippen molar-refractivity contribution in [3.8, 4) is 5.75 Å². The molecule has 1 aromatic heterocycles. The molecule has 0 aliphatic carbocycles. The lowest BCUT2D eigenvalue weighted by Crippen LogP contribution is -2.32. The highest BCUT2D eigenvalue weighted by Crippen LogP contribution is 2.27. The average Bonchev–Trinajstić information content (AvgIpc) is 2.98. The van der Waals surface area contributed by atoms with E-state index in [9.17, 15) is 5.11 Å². The zero-order valence-electron chi connectivity index (χ0n) is 11.6. The zero-order valence-corrected chi connectivity index (χ0v) is 13.9. The Labute approximate surface area is 138 Å². The van der Waals surface area contributed by atoms with Crippen LogP contribution < -0.4 is 10.1 Å². The second kappa shape index (κ2) is 8.01. The lowest BCUT2D eigenvalue weighted by atomic mass is 10.2. The summed E-state index contributed by atoms with van der Waals surface area (Å²) in [5.74, 6) is 0.520. The SMILES string of the molecule is C[C@H](NCC(O)COc1ccc(Cl)cc1Cl)c1cccs1. The maximum atomic E-state index is 9.95. The lowest BCUT2D eigenvalue weighted by Gasteiger charge is -2.17. The van der Waals surface area contributed by atoms with Crippen LogP contribution in [-0.4, -0.2) is 24.4 Å². The van der Waals surface area contributed by atoms with E-state index in [4.69, 9.17) is 27.9 Å². The van der Waals surface area contributed by atoms with Crippen molar-refractivity contribution in [2.24, 2.45) is 0 Å². The first-order chi connectivity index (χ1) is 10.1. The summed E-state index contributed by atoms with van der Waals surface area (Å²) in [5, 5.41) is 16.3. The molecule has 0 radical (unpaired) electrons. The number of aliphatic hydroxyl groups excluding tert-OH is 1. The molecule has 0 aliphatic rings. The Morgan fingerprint density at radius 1 is 1.33 bits per heavy atom. The maximum absolute atomic E-state index is 9.95. The van der Waals surface area contributed by atoms with Crippen molar-refractivity contribution in [3.05, 3.63) is 50.6 Å². The number of halogens is 2. The fraction of sp³-hybridized carbons (Fsp3) is 0.333. The summed E-state index contributed by atoms with van der Waals surface area (Å²) < 4.78 is 5.50. The predicted molar refractivity (Wildman–Crippen MR) is 88.7 cm³/mol. The first-order valence-corrected chi connectivity index (χ1v) is 8.22. The first-order valence-electron chi connectivity index (χ1n) is 6.59. The Bertz CT molecular complexity index is 563. The van der Waals surface area contributed by atoms with E-state index in [0.29, 0.717) is 22.3 Å². The molecule has 2 atom stereocenters. The molecule has 0 aliphatic heterocycles. The number of benzene rings is 1. The number of thiophene rings is 1. The Hall–Kier alpha value is -0.780. The van der Waals surface area contributed by atoms with Crippen molar-refractivity contribution < 1.29 is 9.84 Å². The molecule has 0 saturated carbocycles. The number of nitrogens with one attached hydrogen (secondary N) is 1. The third-order valence-electron chi connectivity index (χ3n) is 2.95. The van der Waals surface area contributed by atoms with Gasteiger partial charge in [-0.1, -0.05) is 29.3 Å². The van der Waals surface area contributed by atoms with Gasteiger partial charge in [0, 0.05) is 22.5 Å². The molecule has 1 heterocycles. The van der Waals surface area contributed by atoms with E-state index in [1.165, 1.54) is 4.88 Å². The Balaban J connectivity index is 1.75. The topological polar surface area (TPSA) is 41.5 Å². The second-order valence-corrected chi connectivity index (χ2v) is 6.51. The minimum Gasteiger partial charge on any atom is -0.489 e. The lowest BCUT2D eigenvalue weighted by molar-refractivity contribution is 0.104. The summed E-state index contributed by atoms with van der Waals surface area (Å²) in [6.45, 7) is 2.69. The number of hydrogen-bond donors (Lipinski definition) is 2. The summed E-state index contributed by atoms with van der Waals surface area (Å²) in [6, 6.07) is 9.30. The first kappa shape index (κ1) is 16.6. The van der Waals surface area contributed by atoms with E-state index >= 15 is 0 Å². The van der Waals surface area contributed by atoms with Crippen LogP contribution in [0.4, 0.5) is 0 Å². The largest absolute Gasteiger partial charge is 0.489 e. The molecule has 0 bridgehead atoms. The van der Waals surface area contributed by atoms with Gasteiger partial charge in [-0.05, 0) is 36.6 Å². The quantitative estimate of drug-likeness (QED) is 0.792. The fourth-order valence-electron chi connectivity index (χ4n) is 1.79. The molecule has 21 heavy (non-hydrogen) atoms. The van der Waals surface area contributed by atoms with E-state index in [1.807, 2.05) is 11.4 Å². The van der Waals surface area contributed by atoms with Gasteiger partial charge < -0.3 is 15.2 Å². The van der Waals surface area contributed by atoms with E-state index < -0.39 is 6.10 Å². The van der Waals surface area contributed by atoms with Crippen molar-refractivity contribution in [1.29, 1.82) is 0 Å². The predicted octanol–water partition coefficient (Wildman–Crippen LogP) is 4.15. The third kappa shape index (κ3) is 5.16. The van der Waals surface area contributed by atoms with Gasteiger partial charge in [-0.15, -0.1) is 11.3 Å². The van der Waals surface area contributed by atoms with Gasteiger partial charge in [-0.25, -0.2) is 0 Å². The van der Waals surface area contributed by atoms with Gasteiger partial charge in [0.1, 0.15) is 18.5 Å². The summed E-state index contributed by atoms with van der Waals surface area (Å²) in [5.41, 5.74) is 0. The van der Waals surface area contributed by atoms with Crippen LogP contribution in [0.1, 0.15) is 17.8 Å². The number of hydrogen-bond acceptors (Lipinski definition) is 4. The Morgan fingerprint density at radius 3 is 2.81 bits per heavy atom. The second-order valence-electron chi connectivity index (χ2n) is 4.68. The highest BCUT2D eigenvalue weighted by Gasteiger charge is 2.11. The molecule has 3 nitrogen and oxygen atoms in total. The molecular formula is C15H17Cl2NO2S. The monoisotopic (exact) mass is 345 g/mol. The highest BCUT2D eigenvalue weighted by molar-refractivity contribution is 7.10. The Morgan fingerprint density at radius 2 is 2.14 bits per heavy atom. The molecule has 0 spiro atoms. The third-order valence-corrected chi connectivity index (χ3v) is 4.54. The molecule has 1 aromatic carbocycles. The van der Waals surface area contributed by atoms with Gasteiger partial charge in [0.05, 0.1) is 5.02 Å². The van der Waals surface area contributed by atoms with Crippen molar-refractivity contribution in [2.45, 2.75) is 19.1 Å². The van der Waals surface area contributed by atoms with Crippen molar-refractivity contribution in [3.63, 3.8) is 0 Å². The molecule has 6 heteroatoms. The maximum Gasteiger partial charge on any atom is 0.138 e. The van der Waals surface area contributed by atoms with Crippen LogP contribution in [0.5, 0.6) is 5.75 Å². The molecule has 1 unspecified atom stereocenters. The summed E-state index contributed by atoms with van der Waals surface area (Å²) in [7, 11) is 0. The van der Waals surface area contributed by atoms with Crippen molar-refractivity contribution >= 4 is 34.5 Å². The average molecular weight is 346 g/mol. The van der Waals surface area contributed by atoms with Crippen molar-refractivity contribution in [2.75, 3.05) is 13.2 Å². The molecule has 2 N–H and O–H groups in total. The summed E-state index contributed by atoms with van der Waals surface area (Å²) >= 11 is 13.5. The molecule has 114 valence electrons. The van der Waals surface area contributed by atoms with E-state index in [-0.39, 0.29) is 12.6 Å². The van der Waals surface area contributed by atoms with Crippen LogP contribution in [0.15, 0.2) is 35.7 Å². The number of aliphatic hydroxyl groups is 1. The highest BCUT2D eigenvalue weighted by atomic mass is 35.5. The van der Waals surface area contributed by atoms with Crippen LogP contribution in [0, 0.1) is 0 Å². The molecule has 0 amide bonds. The van der Waals surface area contributed by atoms with Crippen LogP contribution in [0.2, 0.25) is 10.0 Å². The van der Waals surface area contributed by atoms with Crippen LogP contribution in [0.3, 0.4) is 0 Å². The summed E-state index contributed by atoms with van der Waals surface area (Å²) in [6.07, 6.45) is -0.612. The fourth-order valence-corrected chi connectivity index (χ4v) is 3.01. The number of ether oxygens (including phenoxy) is 1.